The minimum absolute atomic E-state index is 0.374. The summed E-state index contributed by atoms with van der Waals surface area (Å²) in [5.74, 6) is 3.75. The van der Waals surface area contributed by atoms with Crippen LogP contribution in [0.25, 0.3) is 0 Å². The largest absolute Gasteiger partial charge is 0.385 e. The highest BCUT2D eigenvalue weighted by molar-refractivity contribution is 5.05. The number of aliphatic hydroxyl groups excluding tert-OH is 1. The quantitative estimate of drug-likeness (QED) is 0.912. The van der Waals surface area contributed by atoms with Gasteiger partial charge in [-0.25, -0.2) is 4.98 Å². The van der Waals surface area contributed by atoms with E-state index in [1.807, 2.05) is 12.4 Å². The molecule has 4 aliphatic carbocycles. The molecular formula is C17H26N2O. The highest BCUT2D eigenvalue weighted by Crippen LogP contribution is 2.62. The Balaban J connectivity index is 1.54. The van der Waals surface area contributed by atoms with E-state index in [9.17, 15) is 5.11 Å². The van der Waals surface area contributed by atoms with Gasteiger partial charge in [0.25, 0.3) is 0 Å². The van der Waals surface area contributed by atoms with Gasteiger partial charge in [0.2, 0.25) is 0 Å². The van der Waals surface area contributed by atoms with E-state index < -0.39 is 0 Å². The Morgan fingerprint density at radius 3 is 2.40 bits per heavy atom. The molecule has 1 heterocycles. The Bertz CT molecular complexity index is 458. The maximum Gasteiger partial charge on any atom is 0.137 e. The molecule has 0 saturated heterocycles. The molecule has 0 aromatic carbocycles. The first-order valence-electron chi connectivity index (χ1n) is 8.36. The normalized spacial score (nSPS) is 40.2. The summed E-state index contributed by atoms with van der Waals surface area (Å²) < 4.78 is 2.09. The van der Waals surface area contributed by atoms with Crippen molar-refractivity contribution in [1.29, 1.82) is 0 Å². The predicted octanol–water partition coefficient (Wildman–Crippen LogP) is 3.54. The van der Waals surface area contributed by atoms with Crippen LogP contribution in [-0.4, -0.2) is 14.7 Å². The lowest BCUT2D eigenvalue weighted by Gasteiger charge is -2.57. The molecule has 0 aliphatic heterocycles. The molecule has 0 radical (unpaired) electrons. The Labute approximate surface area is 121 Å². The summed E-state index contributed by atoms with van der Waals surface area (Å²) in [6, 6.07) is 0. The molecule has 110 valence electrons. The number of aliphatic hydroxyl groups is 1. The molecule has 4 bridgehead atoms. The fourth-order valence-electron chi connectivity index (χ4n) is 5.93. The van der Waals surface area contributed by atoms with Crippen molar-refractivity contribution in [1.82, 2.24) is 9.55 Å². The maximum absolute atomic E-state index is 10.7. The van der Waals surface area contributed by atoms with Gasteiger partial charge in [-0.05, 0) is 75.0 Å². The van der Waals surface area contributed by atoms with Crippen LogP contribution in [0.5, 0.6) is 0 Å². The second kappa shape index (κ2) is 4.59. The van der Waals surface area contributed by atoms with Crippen molar-refractivity contribution < 1.29 is 5.11 Å². The summed E-state index contributed by atoms with van der Waals surface area (Å²) in [5.41, 5.74) is 0.429. The second-order valence-electron chi connectivity index (χ2n) is 7.71. The molecule has 20 heavy (non-hydrogen) atoms. The number of aromatic nitrogens is 2. The third-order valence-electron chi connectivity index (χ3n) is 6.18. The molecule has 0 spiro atoms. The lowest BCUT2D eigenvalue weighted by atomic mass is 9.48. The van der Waals surface area contributed by atoms with Gasteiger partial charge in [-0.15, -0.1) is 0 Å². The fourth-order valence-corrected chi connectivity index (χ4v) is 5.93. The Kier molecular flexibility index (Phi) is 2.95. The summed E-state index contributed by atoms with van der Waals surface area (Å²) in [6.45, 7) is 3.01. The van der Waals surface area contributed by atoms with Crippen molar-refractivity contribution in [3.8, 4) is 0 Å². The molecule has 1 unspecified atom stereocenters. The van der Waals surface area contributed by atoms with Gasteiger partial charge >= 0.3 is 0 Å². The molecular weight excluding hydrogens is 248 g/mol. The number of rotatable bonds is 4. The van der Waals surface area contributed by atoms with Gasteiger partial charge in [0.05, 0.1) is 0 Å². The van der Waals surface area contributed by atoms with E-state index in [2.05, 4.69) is 16.5 Å². The van der Waals surface area contributed by atoms with Crippen LogP contribution in [0.15, 0.2) is 12.4 Å². The average Bonchev–Trinajstić information content (AvgIpc) is 2.84. The van der Waals surface area contributed by atoms with Crippen LogP contribution in [-0.2, 0) is 6.54 Å². The van der Waals surface area contributed by atoms with E-state index in [0.717, 1.165) is 36.5 Å². The van der Waals surface area contributed by atoms with Gasteiger partial charge in [0.15, 0.2) is 0 Å². The van der Waals surface area contributed by atoms with Crippen LogP contribution in [0.3, 0.4) is 0 Å². The smallest absolute Gasteiger partial charge is 0.137 e. The van der Waals surface area contributed by atoms with E-state index in [0.29, 0.717) is 5.41 Å². The van der Waals surface area contributed by atoms with Crippen LogP contribution in [0.4, 0.5) is 0 Å². The van der Waals surface area contributed by atoms with Gasteiger partial charge in [-0.2, -0.15) is 0 Å². The van der Waals surface area contributed by atoms with E-state index in [4.69, 9.17) is 0 Å². The first kappa shape index (κ1) is 12.9. The summed E-state index contributed by atoms with van der Waals surface area (Å²) in [4.78, 5) is 4.40. The van der Waals surface area contributed by atoms with Gasteiger partial charge in [-0.3, -0.25) is 0 Å². The van der Waals surface area contributed by atoms with Crippen molar-refractivity contribution in [3.05, 3.63) is 18.2 Å². The van der Waals surface area contributed by atoms with Crippen molar-refractivity contribution in [3.63, 3.8) is 0 Å². The molecule has 3 nitrogen and oxygen atoms in total. The van der Waals surface area contributed by atoms with Gasteiger partial charge in [0.1, 0.15) is 11.9 Å². The molecule has 1 aromatic heterocycles. The first-order valence-corrected chi connectivity index (χ1v) is 8.36. The summed E-state index contributed by atoms with van der Waals surface area (Å²) >= 11 is 0. The van der Waals surface area contributed by atoms with Gasteiger partial charge in [0, 0.05) is 18.9 Å². The second-order valence-corrected chi connectivity index (χ2v) is 7.71. The standard InChI is InChI=1S/C17H26N2O/c1-2-19-4-3-18-16(19)15(20)11-17-8-12-5-13(9-17)7-14(6-12)10-17/h3-4,12-15,20H,2,5-11H2,1H3. The monoisotopic (exact) mass is 274 g/mol. The molecule has 1 aromatic rings. The average molecular weight is 274 g/mol. The van der Waals surface area contributed by atoms with Gasteiger partial charge in [-0.1, -0.05) is 0 Å². The first-order chi connectivity index (χ1) is 9.67. The minimum Gasteiger partial charge on any atom is -0.385 e. The van der Waals surface area contributed by atoms with Crippen molar-refractivity contribution in [2.75, 3.05) is 0 Å². The van der Waals surface area contributed by atoms with Crippen molar-refractivity contribution in [2.24, 2.45) is 23.2 Å². The minimum atomic E-state index is -0.374. The van der Waals surface area contributed by atoms with E-state index in [-0.39, 0.29) is 6.10 Å². The van der Waals surface area contributed by atoms with Crippen LogP contribution in [0, 0.1) is 23.2 Å². The topological polar surface area (TPSA) is 38.0 Å². The third kappa shape index (κ3) is 2.02. The fraction of sp³-hybridized carbons (Fsp3) is 0.824. The molecule has 1 atom stereocenters. The number of aryl methyl sites for hydroxylation is 1. The van der Waals surface area contributed by atoms with Gasteiger partial charge < -0.3 is 9.67 Å². The van der Waals surface area contributed by atoms with E-state index in [1.165, 1.54) is 38.5 Å². The highest BCUT2D eigenvalue weighted by atomic mass is 16.3. The zero-order valence-electron chi connectivity index (χ0n) is 12.5. The van der Waals surface area contributed by atoms with Crippen LogP contribution in [0.1, 0.15) is 63.8 Å². The van der Waals surface area contributed by atoms with Crippen LogP contribution >= 0.6 is 0 Å². The van der Waals surface area contributed by atoms with Crippen LogP contribution < -0.4 is 0 Å². The molecule has 4 aliphatic rings. The lowest BCUT2D eigenvalue weighted by molar-refractivity contribution is -0.0777. The molecule has 1 N–H and O–H groups in total. The molecule has 4 fully saturated rings. The lowest BCUT2D eigenvalue weighted by Crippen LogP contribution is -2.46. The third-order valence-corrected chi connectivity index (χ3v) is 6.18. The number of nitrogens with zero attached hydrogens (tertiary/aromatic N) is 2. The zero-order chi connectivity index (χ0) is 13.7. The number of hydrogen-bond donors (Lipinski definition) is 1. The summed E-state index contributed by atoms with van der Waals surface area (Å²) in [6.07, 6.45) is 12.9. The molecule has 3 heteroatoms. The van der Waals surface area contributed by atoms with Crippen LogP contribution in [0.2, 0.25) is 0 Å². The summed E-state index contributed by atoms with van der Waals surface area (Å²) in [5, 5.41) is 10.7. The molecule has 0 amide bonds. The SMILES string of the molecule is CCn1ccnc1C(O)CC12CC3CC(CC(C3)C1)C2. The Morgan fingerprint density at radius 2 is 1.85 bits per heavy atom. The van der Waals surface area contributed by atoms with E-state index >= 15 is 0 Å². The maximum atomic E-state index is 10.7. The Morgan fingerprint density at radius 1 is 1.25 bits per heavy atom. The Hall–Kier alpha value is -0.830. The van der Waals surface area contributed by atoms with Crippen molar-refractivity contribution >= 4 is 0 Å². The van der Waals surface area contributed by atoms with Crippen molar-refractivity contribution in [2.45, 2.75) is 64.5 Å². The molecule has 4 saturated carbocycles. The summed E-state index contributed by atoms with van der Waals surface area (Å²) in [7, 11) is 0. The number of imidazole rings is 1. The highest BCUT2D eigenvalue weighted by Gasteiger charge is 2.51. The zero-order valence-corrected chi connectivity index (χ0v) is 12.5. The van der Waals surface area contributed by atoms with E-state index in [1.54, 1.807) is 0 Å². The molecule has 5 rings (SSSR count). The predicted molar refractivity (Wildman–Crippen MR) is 78.1 cm³/mol. The number of hydrogen-bond acceptors (Lipinski definition) is 2.